The molecule has 0 aliphatic heterocycles. The maximum Gasteiger partial charge on any atom is 0.416 e. The highest BCUT2D eigenvalue weighted by atomic mass is 35.5. The van der Waals surface area contributed by atoms with Crippen molar-refractivity contribution in [3.8, 4) is 0 Å². The summed E-state index contributed by atoms with van der Waals surface area (Å²) in [6.07, 6.45) is -5.89. The van der Waals surface area contributed by atoms with Crippen LogP contribution in [0.5, 0.6) is 0 Å². The molecule has 0 spiro atoms. The summed E-state index contributed by atoms with van der Waals surface area (Å²) in [6.45, 7) is 4.93. The lowest BCUT2D eigenvalue weighted by molar-refractivity contribution is -0.137. The Bertz CT molecular complexity index is 496. The van der Waals surface area contributed by atoms with Gasteiger partial charge in [0.1, 0.15) is 5.82 Å². The van der Waals surface area contributed by atoms with Gasteiger partial charge in [0.05, 0.1) is 22.7 Å². The average molecular weight is 314 g/mol. The Kier molecular flexibility index (Phi) is 4.73. The van der Waals surface area contributed by atoms with Crippen LogP contribution in [0.4, 0.5) is 17.6 Å². The van der Waals surface area contributed by atoms with E-state index in [1.54, 1.807) is 20.8 Å². The second-order valence-electron chi connectivity index (χ2n) is 5.70. The average Bonchev–Trinajstić information content (AvgIpc) is 2.28. The van der Waals surface area contributed by atoms with Crippen molar-refractivity contribution in [1.29, 1.82) is 0 Å². The summed E-state index contributed by atoms with van der Waals surface area (Å²) in [7, 11) is 0. The highest BCUT2D eigenvalue weighted by Crippen LogP contribution is 2.37. The van der Waals surface area contributed by atoms with Crippen molar-refractivity contribution in [1.82, 2.24) is 0 Å². The summed E-state index contributed by atoms with van der Waals surface area (Å²) in [5, 5.41) is 9.33. The quantitative estimate of drug-likeness (QED) is 0.813. The molecule has 0 bridgehead atoms. The lowest BCUT2D eigenvalue weighted by atomic mass is 9.82. The SMILES string of the molecule is CC(C)(C)[C@@H](O)[C@@H](N)c1cc(C(F)(F)F)cc(Cl)c1F. The molecule has 0 heterocycles. The molecule has 1 rings (SSSR count). The van der Waals surface area contributed by atoms with Crippen LogP contribution >= 0.6 is 11.6 Å². The molecule has 0 unspecified atom stereocenters. The van der Waals surface area contributed by atoms with Gasteiger partial charge in [-0.1, -0.05) is 32.4 Å². The number of hydrogen-bond acceptors (Lipinski definition) is 2. The van der Waals surface area contributed by atoms with E-state index in [1.807, 2.05) is 0 Å². The molecular weight excluding hydrogens is 298 g/mol. The van der Waals surface area contributed by atoms with Crippen LogP contribution in [0.3, 0.4) is 0 Å². The fourth-order valence-corrected chi connectivity index (χ4v) is 1.95. The Morgan fingerprint density at radius 1 is 1.20 bits per heavy atom. The number of aliphatic hydroxyl groups excluding tert-OH is 1. The molecule has 3 N–H and O–H groups in total. The van der Waals surface area contributed by atoms with E-state index < -0.39 is 45.7 Å². The summed E-state index contributed by atoms with van der Waals surface area (Å²) in [5.41, 5.74) is 3.42. The standard InChI is InChI=1S/C13H16ClF4NO/c1-12(2,3)11(20)10(19)7-4-6(13(16,17)18)5-8(14)9(7)15/h4-5,10-11,20H,19H2,1-3H3/t10-,11-/m0/s1. The van der Waals surface area contributed by atoms with Crippen molar-refractivity contribution in [2.75, 3.05) is 0 Å². The van der Waals surface area contributed by atoms with Gasteiger partial charge in [-0.15, -0.1) is 0 Å². The number of nitrogens with two attached hydrogens (primary N) is 1. The molecule has 0 aliphatic carbocycles. The van der Waals surface area contributed by atoms with Gasteiger partial charge in [0.2, 0.25) is 0 Å². The first-order chi connectivity index (χ1) is 8.85. The van der Waals surface area contributed by atoms with E-state index >= 15 is 0 Å². The van der Waals surface area contributed by atoms with Gasteiger partial charge in [0, 0.05) is 5.56 Å². The van der Waals surface area contributed by atoms with Crippen molar-refractivity contribution >= 4 is 11.6 Å². The van der Waals surface area contributed by atoms with Crippen LogP contribution in [0.2, 0.25) is 5.02 Å². The summed E-state index contributed by atoms with van der Waals surface area (Å²) < 4.78 is 52.0. The zero-order valence-electron chi connectivity index (χ0n) is 11.2. The van der Waals surface area contributed by atoms with Crippen LogP contribution < -0.4 is 5.73 Å². The minimum atomic E-state index is -4.67. The minimum Gasteiger partial charge on any atom is -0.391 e. The van der Waals surface area contributed by atoms with Crippen LogP contribution in [0.15, 0.2) is 12.1 Å². The second kappa shape index (κ2) is 5.50. The van der Waals surface area contributed by atoms with E-state index in [0.29, 0.717) is 12.1 Å². The minimum absolute atomic E-state index is 0.452. The van der Waals surface area contributed by atoms with Crippen molar-refractivity contribution in [3.63, 3.8) is 0 Å². The monoisotopic (exact) mass is 313 g/mol. The van der Waals surface area contributed by atoms with Crippen molar-refractivity contribution in [2.24, 2.45) is 11.1 Å². The van der Waals surface area contributed by atoms with E-state index in [0.717, 1.165) is 0 Å². The third-order valence-corrected chi connectivity index (χ3v) is 3.25. The molecule has 0 aromatic heterocycles. The zero-order valence-corrected chi connectivity index (χ0v) is 12.0. The van der Waals surface area contributed by atoms with E-state index in [9.17, 15) is 22.7 Å². The first-order valence-electron chi connectivity index (χ1n) is 5.85. The Balaban J connectivity index is 3.34. The van der Waals surface area contributed by atoms with Gasteiger partial charge in [0.15, 0.2) is 0 Å². The third kappa shape index (κ3) is 3.62. The molecule has 1 aromatic carbocycles. The first kappa shape index (κ1) is 17.2. The summed E-state index contributed by atoms with van der Waals surface area (Å²) in [5.74, 6) is -1.05. The molecule has 0 amide bonds. The highest BCUT2D eigenvalue weighted by Gasteiger charge is 2.36. The van der Waals surface area contributed by atoms with E-state index in [2.05, 4.69) is 0 Å². The normalized spacial score (nSPS) is 16.1. The van der Waals surface area contributed by atoms with Gasteiger partial charge in [-0.3, -0.25) is 0 Å². The van der Waals surface area contributed by atoms with Gasteiger partial charge in [0.25, 0.3) is 0 Å². The molecule has 0 fully saturated rings. The van der Waals surface area contributed by atoms with Crippen molar-refractivity contribution in [2.45, 2.75) is 39.1 Å². The van der Waals surface area contributed by atoms with Crippen molar-refractivity contribution in [3.05, 3.63) is 34.1 Å². The molecule has 1 aromatic rings. The van der Waals surface area contributed by atoms with Gasteiger partial charge < -0.3 is 10.8 Å². The maximum atomic E-state index is 13.9. The topological polar surface area (TPSA) is 46.2 Å². The van der Waals surface area contributed by atoms with Crippen molar-refractivity contribution < 1.29 is 22.7 Å². The molecule has 0 aliphatic rings. The largest absolute Gasteiger partial charge is 0.416 e. The Morgan fingerprint density at radius 2 is 1.70 bits per heavy atom. The third-order valence-electron chi connectivity index (χ3n) is 2.97. The first-order valence-corrected chi connectivity index (χ1v) is 6.23. The van der Waals surface area contributed by atoms with Gasteiger partial charge in [-0.25, -0.2) is 4.39 Å². The van der Waals surface area contributed by atoms with Crippen LogP contribution in [-0.2, 0) is 6.18 Å². The maximum absolute atomic E-state index is 13.9. The summed E-state index contributed by atoms with van der Waals surface area (Å²) in [6, 6.07) is -0.230. The Labute approximate surface area is 119 Å². The molecule has 7 heteroatoms. The fraction of sp³-hybridized carbons (Fsp3) is 0.538. The second-order valence-corrected chi connectivity index (χ2v) is 6.10. The summed E-state index contributed by atoms with van der Waals surface area (Å²) in [4.78, 5) is 0. The van der Waals surface area contributed by atoms with Gasteiger partial charge >= 0.3 is 6.18 Å². The van der Waals surface area contributed by atoms with Gasteiger partial charge in [-0.2, -0.15) is 13.2 Å². The van der Waals surface area contributed by atoms with Crippen LogP contribution in [0.1, 0.15) is 37.9 Å². The Morgan fingerprint density at radius 3 is 2.10 bits per heavy atom. The van der Waals surface area contributed by atoms with E-state index in [4.69, 9.17) is 17.3 Å². The molecule has 0 saturated carbocycles. The highest BCUT2D eigenvalue weighted by molar-refractivity contribution is 6.30. The molecule has 2 nitrogen and oxygen atoms in total. The number of aliphatic hydroxyl groups is 1. The smallest absolute Gasteiger partial charge is 0.391 e. The predicted molar refractivity (Wildman–Crippen MR) is 68.8 cm³/mol. The Hall–Kier alpha value is -0.850. The molecule has 114 valence electrons. The number of benzene rings is 1. The predicted octanol–water partition coefficient (Wildman–Crippen LogP) is 3.90. The number of rotatable bonds is 2. The van der Waals surface area contributed by atoms with Crippen LogP contribution in [0, 0.1) is 11.2 Å². The molecular formula is C13H16ClF4NO. The lowest BCUT2D eigenvalue weighted by Crippen LogP contribution is -2.37. The van der Waals surface area contributed by atoms with E-state index in [-0.39, 0.29) is 0 Å². The zero-order chi connectivity index (χ0) is 15.9. The van der Waals surface area contributed by atoms with Crippen LogP contribution in [0.25, 0.3) is 0 Å². The number of alkyl halides is 3. The number of hydrogen-bond donors (Lipinski definition) is 2. The lowest BCUT2D eigenvalue weighted by Gasteiger charge is -2.31. The molecule has 20 heavy (non-hydrogen) atoms. The molecule has 2 atom stereocenters. The molecule has 0 radical (unpaired) electrons. The number of halogens is 5. The fourth-order valence-electron chi connectivity index (χ4n) is 1.73. The van der Waals surface area contributed by atoms with Gasteiger partial charge in [-0.05, 0) is 17.5 Å². The van der Waals surface area contributed by atoms with Crippen LogP contribution in [-0.4, -0.2) is 11.2 Å². The molecule has 0 saturated heterocycles. The van der Waals surface area contributed by atoms with E-state index in [1.165, 1.54) is 0 Å². The summed E-state index contributed by atoms with van der Waals surface area (Å²) >= 11 is 5.48.